The van der Waals surface area contributed by atoms with Gasteiger partial charge in [0.15, 0.2) is 5.78 Å². The molecule has 0 amide bonds. The monoisotopic (exact) mass is 222 g/mol. The molecule has 0 spiro atoms. The molecule has 1 saturated heterocycles. The first-order valence-electron chi connectivity index (χ1n) is 5.56. The lowest BCUT2D eigenvalue weighted by Gasteiger charge is -2.20. The molecule has 0 saturated carbocycles. The SMILES string of the molecule is Cc1cc(C(=O)C2CCOCC2)ccc1F. The van der Waals surface area contributed by atoms with Crippen molar-refractivity contribution >= 4 is 5.78 Å². The molecule has 0 radical (unpaired) electrons. The molecule has 1 aliphatic rings. The van der Waals surface area contributed by atoms with E-state index in [2.05, 4.69) is 0 Å². The minimum absolute atomic E-state index is 0.0404. The number of carbonyl (C=O) groups is 1. The van der Waals surface area contributed by atoms with Crippen molar-refractivity contribution < 1.29 is 13.9 Å². The Balaban J connectivity index is 2.16. The topological polar surface area (TPSA) is 26.3 Å². The van der Waals surface area contributed by atoms with Crippen molar-refractivity contribution in [2.24, 2.45) is 5.92 Å². The van der Waals surface area contributed by atoms with Crippen LogP contribution in [0.5, 0.6) is 0 Å². The molecule has 0 aliphatic carbocycles. The number of hydrogen-bond donors (Lipinski definition) is 0. The highest BCUT2D eigenvalue weighted by Gasteiger charge is 2.22. The van der Waals surface area contributed by atoms with Crippen LogP contribution in [-0.2, 0) is 4.74 Å². The molecule has 0 N–H and O–H groups in total. The standard InChI is InChI=1S/C13H15FO2/c1-9-8-11(2-3-12(9)14)13(15)10-4-6-16-7-5-10/h2-3,8,10H,4-7H2,1H3. The molecule has 1 heterocycles. The molecule has 1 fully saturated rings. The molecule has 1 aliphatic heterocycles. The average Bonchev–Trinajstić information content (AvgIpc) is 2.33. The van der Waals surface area contributed by atoms with Gasteiger partial charge in [-0.1, -0.05) is 0 Å². The molecule has 0 atom stereocenters. The summed E-state index contributed by atoms with van der Waals surface area (Å²) in [5, 5.41) is 0. The van der Waals surface area contributed by atoms with Crippen LogP contribution in [0.2, 0.25) is 0 Å². The van der Waals surface area contributed by atoms with E-state index >= 15 is 0 Å². The zero-order chi connectivity index (χ0) is 11.5. The Morgan fingerprint density at radius 2 is 2.06 bits per heavy atom. The molecule has 2 nitrogen and oxygen atoms in total. The van der Waals surface area contributed by atoms with Crippen LogP contribution in [0.4, 0.5) is 4.39 Å². The second-order valence-corrected chi connectivity index (χ2v) is 4.21. The third kappa shape index (κ3) is 2.30. The summed E-state index contributed by atoms with van der Waals surface area (Å²) in [6, 6.07) is 4.56. The molecular formula is C13H15FO2. The number of halogens is 1. The number of benzene rings is 1. The van der Waals surface area contributed by atoms with Crippen LogP contribution in [0.25, 0.3) is 0 Å². The summed E-state index contributed by atoms with van der Waals surface area (Å²) in [5.41, 5.74) is 1.14. The molecule has 3 heteroatoms. The summed E-state index contributed by atoms with van der Waals surface area (Å²) in [7, 11) is 0. The second kappa shape index (κ2) is 4.74. The molecule has 0 aromatic heterocycles. The highest BCUT2D eigenvalue weighted by Crippen LogP contribution is 2.21. The van der Waals surface area contributed by atoms with Crippen molar-refractivity contribution in [1.82, 2.24) is 0 Å². The Labute approximate surface area is 94.4 Å². The number of Topliss-reactive ketones (excluding diaryl/α,β-unsaturated/α-hetero) is 1. The van der Waals surface area contributed by atoms with Gasteiger partial charge in [0.05, 0.1) is 0 Å². The quantitative estimate of drug-likeness (QED) is 0.719. The zero-order valence-electron chi connectivity index (χ0n) is 9.33. The average molecular weight is 222 g/mol. The first-order valence-corrected chi connectivity index (χ1v) is 5.56. The van der Waals surface area contributed by atoms with E-state index < -0.39 is 0 Å². The molecule has 1 aromatic rings. The van der Waals surface area contributed by atoms with E-state index in [0.717, 1.165) is 12.8 Å². The number of rotatable bonds is 2. The molecule has 1 aromatic carbocycles. The summed E-state index contributed by atoms with van der Waals surface area (Å²) in [4.78, 5) is 12.1. The van der Waals surface area contributed by atoms with Crippen molar-refractivity contribution in [2.75, 3.05) is 13.2 Å². The van der Waals surface area contributed by atoms with E-state index in [1.165, 1.54) is 6.07 Å². The Hall–Kier alpha value is -1.22. The van der Waals surface area contributed by atoms with Crippen LogP contribution >= 0.6 is 0 Å². The maximum absolute atomic E-state index is 13.1. The van der Waals surface area contributed by atoms with Gasteiger partial charge in [-0.15, -0.1) is 0 Å². The molecule has 2 rings (SSSR count). The van der Waals surface area contributed by atoms with Gasteiger partial charge < -0.3 is 4.74 Å². The maximum Gasteiger partial charge on any atom is 0.166 e. The Kier molecular flexibility index (Phi) is 3.34. The van der Waals surface area contributed by atoms with E-state index in [1.807, 2.05) is 0 Å². The van der Waals surface area contributed by atoms with Crippen LogP contribution in [0.1, 0.15) is 28.8 Å². The molecule has 0 unspecified atom stereocenters. The lowest BCUT2D eigenvalue weighted by Crippen LogP contribution is -2.23. The lowest BCUT2D eigenvalue weighted by molar-refractivity contribution is 0.0545. The number of ether oxygens (including phenoxy) is 1. The van der Waals surface area contributed by atoms with Crippen molar-refractivity contribution in [3.63, 3.8) is 0 Å². The predicted molar refractivity (Wildman–Crippen MR) is 59.0 cm³/mol. The molecule has 0 bridgehead atoms. The summed E-state index contributed by atoms with van der Waals surface area (Å²) in [6.07, 6.45) is 1.55. The predicted octanol–water partition coefficient (Wildman–Crippen LogP) is 2.74. The molecule has 86 valence electrons. The number of hydrogen-bond acceptors (Lipinski definition) is 2. The van der Waals surface area contributed by atoms with E-state index in [4.69, 9.17) is 4.74 Å². The van der Waals surface area contributed by atoms with Crippen molar-refractivity contribution in [2.45, 2.75) is 19.8 Å². The van der Waals surface area contributed by atoms with Crippen molar-refractivity contribution in [1.29, 1.82) is 0 Å². The van der Waals surface area contributed by atoms with E-state index in [0.29, 0.717) is 24.3 Å². The summed E-state index contributed by atoms with van der Waals surface area (Å²) in [5.74, 6) is -0.103. The Morgan fingerprint density at radius 1 is 1.38 bits per heavy atom. The molecular weight excluding hydrogens is 207 g/mol. The van der Waals surface area contributed by atoms with E-state index in [-0.39, 0.29) is 17.5 Å². The highest BCUT2D eigenvalue weighted by molar-refractivity contribution is 5.98. The third-order valence-electron chi connectivity index (χ3n) is 3.03. The van der Waals surface area contributed by atoms with E-state index in [1.54, 1.807) is 19.1 Å². The fourth-order valence-corrected chi connectivity index (χ4v) is 1.99. The maximum atomic E-state index is 13.1. The zero-order valence-corrected chi connectivity index (χ0v) is 9.33. The van der Waals surface area contributed by atoms with Gasteiger partial charge in [0, 0.05) is 24.7 Å². The van der Waals surface area contributed by atoms with Gasteiger partial charge in [0.2, 0.25) is 0 Å². The first kappa shape index (κ1) is 11.3. The van der Waals surface area contributed by atoms with Gasteiger partial charge in [-0.25, -0.2) is 4.39 Å². The number of carbonyl (C=O) groups excluding carboxylic acids is 1. The first-order chi connectivity index (χ1) is 7.68. The normalized spacial score (nSPS) is 17.4. The van der Waals surface area contributed by atoms with Gasteiger partial charge in [-0.3, -0.25) is 4.79 Å². The third-order valence-corrected chi connectivity index (χ3v) is 3.03. The highest BCUT2D eigenvalue weighted by atomic mass is 19.1. The number of aryl methyl sites for hydroxylation is 1. The Bertz CT molecular complexity index is 395. The minimum Gasteiger partial charge on any atom is -0.381 e. The fraction of sp³-hybridized carbons (Fsp3) is 0.462. The van der Waals surface area contributed by atoms with Crippen molar-refractivity contribution in [3.8, 4) is 0 Å². The van der Waals surface area contributed by atoms with Gasteiger partial charge >= 0.3 is 0 Å². The number of ketones is 1. The van der Waals surface area contributed by atoms with Crippen LogP contribution in [0.15, 0.2) is 18.2 Å². The van der Waals surface area contributed by atoms with E-state index in [9.17, 15) is 9.18 Å². The van der Waals surface area contributed by atoms with Crippen LogP contribution < -0.4 is 0 Å². The van der Waals surface area contributed by atoms with Crippen LogP contribution in [0, 0.1) is 18.7 Å². The van der Waals surface area contributed by atoms with Gasteiger partial charge in [0.1, 0.15) is 5.82 Å². The minimum atomic E-state index is -0.261. The lowest BCUT2D eigenvalue weighted by atomic mass is 9.90. The fourth-order valence-electron chi connectivity index (χ4n) is 1.99. The molecule has 16 heavy (non-hydrogen) atoms. The Morgan fingerprint density at radius 3 is 2.69 bits per heavy atom. The van der Waals surface area contributed by atoms with Gasteiger partial charge in [-0.05, 0) is 43.5 Å². The largest absolute Gasteiger partial charge is 0.381 e. The summed E-state index contributed by atoms with van der Waals surface area (Å²) in [6.45, 7) is 2.98. The van der Waals surface area contributed by atoms with Gasteiger partial charge in [-0.2, -0.15) is 0 Å². The van der Waals surface area contributed by atoms with Gasteiger partial charge in [0.25, 0.3) is 0 Å². The second-order valence-electron chi connectivity index (χ2n) is 4.21. The summed E-state index contributed by atoms with van der Waals surface area (Å²) < 4.78 is 18.3. The van der Waals surface area contributed by atoms with Crippen LogP contribution in [0.3, 0.4) is 0 Å². The van der Waals surface area contributed by atoms with Crippen molar-refractivity contribution in [3.05, 3.63) is 35.1 Å². The summed E-state index contributed by atoms with van der Waals surface area (Å²) >= 11 is 0. The smallest absolute Gasteiger partial charge is 0.166 e. The van der Waals surface area contributed by atoms with Crippen LogP contribution in [-0.4, -0.2) is 19.0 Å².